The molecule has 7 nitrogen and oxygen atoms in total. The number of thiocarbonyl (C=S) groups is 1. The van der Waals surface area contributed by atoms with Crippen molar-refractivity contribution in [3.8, 4) is 11.3 Å². The van der Waals surface area contributed by atoms with Gasteiger partial charge in [0.1, 0.15) is 15.8 Å². The first-order valence-electron chi connectivity index (χ1n) is 12.5. The van der Waals surface area contributed by atoms with Crippen molar-refractivity contribution in [3.05, 3.63) is 88.5 Å². The number of carbonyl (C=O) groups excluding carboxylic acids is 2. The minimum absolute atomic E-state index is 0.136. The van der Waals surface area contributed by atoms with E-state index in [-0.39, 0.29) is 18.0 Å². The van der Waals surface area contributed by atoms with Crippen LogP contribution >= 0.6 is 24.0 Å². The maximum absolute atomic E-state index is 12.9. The summed E-state index contributed by atoms with van der Waals surface area (Å²) in [4.78, 5) is 29.6. The highest BCUT2D eigenvalue weighted by Crippen LogP contribution is 2.34. The zero-order chi connectivity index (χ0) is 26.5. The van der Waals surface area contributed by atoms with Crippen LogP contribution in [0.2, 0.25) is 0 Å². The second-order valence-electron chi connectivity index (χ2n) is 9.27. The van der Waals surface area contributed by atoms with Crippen LogP contribution in [0.25, 0.3) is 17.4 Å². The summed E-state index contributed by atoms with van der Waals surface area (Å²) in [6.45, 7) is 3.16. The van der Waals surface area contributed by atoms with Crippen LogP contribution in [0, 0.1) is 0 Å². The first kappa shape index (κ1) is 26.4. The number of ether oxygens (including phenoxy) is 1. The number of thioether (sulfide) groups is 1. The lowest BCUT2D eigenvalue weighted by Gasteiger charge is -2.14. The van der Waals surface area contributed by atoms with Crippen LogP contribution in [0.1, 0.15) is 34.5 Å². The van der Waals surface area contributed by atoms with Crippen molar-refractivity contribution in [1.29, 1.82) is 0 Å². The Morgan fingerprint density at radius 3 is 2.66 bits per heavy atom. The molecule has 2 fully saturated rings. The number of hydrogen-bond acceptors (Lipinski definition) is 8. The second kappa shape index (κ2) is 12.1. The summed E-state index contributed by atoms with van der Waals surface area (Å²) < 4.78 is 11.9. The number of benzene rings is 2. The molecule has 3 heterocycles. The van der Waals surface area contributed by atoms with Crippen molar-refractivity contribution in [2.75, 3.05) is 26.2 Å². The number of nitrogens with zero attached hydrogens (tertiary/aromatic N) is 2. The fourth-order valence-corrected chi connectivity index (χ4v) is 5.67. The van der Waals surface area contributed by atoms with E-state index in [0.717, 1.165) is 37.1 Å². The summed E-state index contributed by atoms with van der Waals surface area (Å²) in [7, 11) is 0. The van der Waals surface area contributed by atoms with E-state index >= 15 is 0 Å². The lowest BCUT2D eigenvalue weighted by atomic mass is 10.1. The Bertz CT molecular complexity index is 1340. The van der Waals surface area contributed by atoms with Gasteiger partial charge < -0.3 is 19.2 Å². The molecule has 196 valence electrons. The highest BCUT2D eigenvalue weighted by Gasteiger charge is 2.32. The molecule has 1 unspecified atom stereocenters. The summed E-state index contributed by atoms with van der Waals surface area (Å²) in [6.07, 6.45) is 3.01. The second-order valence-corrected chi connectivity index (χ2v) is 10.9. The van der Waals surface area contributed by atoms with Gasteiger partial charge in [-0.05, 0) is 42.7 Å². The Morgan fingerprint density at radius 1 is 1.13 bits per heavy atom. The largest absolute Gasteiger partial charge is 0.462 e. The van der Waals surface area contributed by atoms with E-state index in [1.807, 2.05) is 48.5 Å². The van der Waals surface area contributed by atoms with Gasteiger partial charge in [-0.1, -0.05) is 66.4 Å². The highest BCUT2D eigenvalue weighted by molar-refractivity contribution is 8.26. The molecule has 0 radical (unpaired) electrons. The van der Waals surface area contributed by atoms with Gasteiger partial charge in [-0.25, -0.2) is 4.79 Å². The van der Waals surface area contributed by atoms with E-state index in [4.69, 9.17) is 21.4 Å². The number of esters is 1. The Hall–Kier alpha value is -3.24. The summed E-state index contributed by atoms with van der Waals surface area (Å²) in [5.74, 6) is 0.677. The van der Waals surface area contributed by atoms with Crippen LogP contribution in [0.5, 0.6) is 0 Å². The minimum Gasteiger partial charge on any atom is -0.462 e. The van der Waals surface area contributed by atoms with Crippen molar-refractivity contribution < 1.29 is 23.8 Å². The summed E-state index contributed by atoms with van der Waals surface area (Å²) in [5.41, 5.74) is 2.30. The van der Waals surface area contributed by atoms with Crippen LogP contribution < -0.4 is 0 Å². The van der Waals surface area contributed by atoms with Crippen molar-refractivity contribution in [2.24, 2.45) is 0 Å². The predicted octanol–water partition coefficient (Wildman–Crippen LogP) is 4.96. The fraction of sp³-hybridized carbons (Fsp3) is 0.276. The molecule has 0 aliphatic carbocycles. The van der Waals surface area contributed by atoms with E-state index in [0.29, 0.717) is 46.0 Å². The van der Waals surface area contributed by atoms with E-state index in [1.165, 1.54) is 11.8 Å². The molecule has 3 aromatic rings. The number of hydrogen-bond donors (Lipinski definition) is 1. The average Bonchev–Trinajstić information content (AvgIpc) is 3.64. The lowest BCUT2D eigenvalue weighted by Crippen LogP contribution is -2.27. The number of furan rings is 1. The highest BCUT2D eigenvalue weighted by atomic mass is 32.2. The monoisotopic (exact) mass is 548 g/mol. The topological polar surface area (TPSA) is 83.2 Å². The Morgan fingerprint density at radius 2 is 1.92 bits per heavy atom. The zero-order valence-electron chi connectivity index (χ0n) is 20.7. The van der Waals surface area contributed by atoms with E-state index < -0.39 is 0 Å². The van der Waals surface area contributed by atoms with Gasteiger partial charge in [-0.2, -0.15) is 0 Å². The van der Waals surface area contributed by atoms with Crippen molar-refractivity contribution in [2.45, 2.75) is 25.5 Å². The number of amides is 1. The van der Waals surface area contributed by atoms with Crippen LogP contribution in [-0.2, 0) is 16.1 Å². The van der Waals surface area contributed by atoms with Crippen LogP contribution in [0.15, 0.2) is 76.1 Å². The third-order valence-electron chi connectivity index (χ3n) is 6.46. The normalized spacial score (nSPS) is 19.0. The molecule has 2 saturated heterocycles. The number of carbonyl (C=O) groups is 2. The van der Waals surface area contributed by atoms with Gasteiger partial charge in [-0.3, -0.25) is 9.69 Å². The molecule has 1 amide bonds. The number of β-amino-alcohol motifs (C(OH)–C–C–N with tert-alkyl or cyclic N) is 1. The number of aliphatic hydroxyl groups is 1. The van der Waals surface area contributed by atoms with Crippen LogP contribution in [-0.4, -0.2) is 63.4 Å². The van der Waals surface area contributed by atoms with Crippen LogP contribution in [0.4, 0.5) is 0 Å². The van der Waals surface area contributed by atoms with Crippen molar-refractivity contribution >= 4 is 46.3 Å². The number of aliphatic hydroxyl groups excluding tert-OH is 1. The maximum Gasteiger partial charge on any atom is 0.338 e. The van der Waals surface area contributed by atoms with Crippen molar-refractivity contribution in [1.82, 2.24) is 9.80 Å². The first-order chi connectivity index (χ1) is 18.5. The molecule has 0 spiro atoms. The molecule has 1 atom stereocenters. The summed E-state index contributed by atoms with van der Waals surface area (Å²) in [5, 5.41) is 9.58. The van der Waals surface area contributed by atoms with E-state index in [1.54, 1.807) is 29.2 Å². The third-order valence-corrected chi connectivity index (χ3v) is 7.84. The maximum atomic E-state index is 12.9. The van der Waals surface area contributed by atoms with Crippen molar-refractivity contribution in [3.63, 3.8) is 0 Å². The molecule has 1 aromatic heterocycles. The predicted molar refractivity (Wildman–Crippen MR) is 151 cm³/mol. The third kappa shape index (κ3) is 6.42. The molecule has 38 heavy (non-hydrogen) atoms. The molecule has 0 saturated carbocycles. The van der Waals surface area contributed by atoms with Crippen LogP contribution in [0.3, 0.4) is 0 Å². The Kier molecular flexibility index (Phi) is 8.38. The Labute approximate surface area is 231 Å². The molecule has 9 heteroatoms. The molecular formula is C29H28N2O5S2. The van der Waals surface area contributed by atoms with Gasteiger partial charge in [0.05, 0.1) is 29.7 Å². The summed E-state index contributed by atoms with van der Waals surface area (Å²) in [6, 6.07) is 20.4. The minimum atomic E-state index is -0.365. The number of rotatable bonds is 9. The van der Waals surface area contributed by atoms with Gasteiger partial charge in [0.15, 0.2) is 0 Å². The molecule has 5 rings (SSSR count). The molecule has 2 aromatic carbocycles. The Balaban J connectivity index is 1.15. The van der Waals surface area contributed by atoms with E-state index in [2.05, 4.69) is 4.90 Å². The fourth-order valence-electron chi connectivity index (χ4n) is 4.44. The zero-order valence-corrected chi connectivity index (χ0v) is 22.4. The first-order valence-corrected chi connectivity index (χ1v) is 13.8. The molecular weight excluding hydrogens is 520 g/mol. The number of likely N-dealkylation sites (tertiary alicyclic amines) is 1. The van der Waals surface area contributed by atoms with Gasteiger partial charge in [0, 0.05) is 31.3 Å². The summed E-state index contributed by atoms with van der Waals surface area (Å²) >= 11 is 6.70. The molecule has 0 bridgehead atoms. The van der Waals surface area contributed by atoms with E-state index in [9.17, 15) is 14.7 Å². The molecule has 2 aliphatic rings. The van der Waals surface area contributed by atoms with Gasteiger partial charge in [-0.15, -0.1) is 0 Å². The van der Waals surface area contributed by atoms with Gasteiger partial charge in [0.25, 0.3) is 5.91 Å². The van der Waals surface area contributed by atoms with Gasteiger partial charge >= 0.3 is 5.97 Å². The average molecular weight is 549 g/mol. The SMILES string of the molecule is O=C(OCCCN1CCC(O)C1)c1ccc(-c2ccc(/C=C3/SC(=S)N(Cc4ccccc4)C3=O)o2)cc1. The quantitative estimate of drug-likeness (QED) is 0.174. The molecule has 2 aliphatic heterocycles. The molecule has 1 N–H and O–H groups in total. The standard InChI is InChI=1S/C29H28N2O5S2/c32-23-13-15-30(19-23)14-4-16-35-28(34)22-9-7-21(8-10-22)25-12-11-24(36-25)17-26-27(33)31(29(37)38-26)18-20-5-2-1-3-6-20/h1-3,5-12,17,23,32H,4,13-16,18-19H2/b26-17+. The van der Waals surface area contributed by atoms with Gasteiger partial charge in [0.2, 0.25) is 0 Å². The lowest BCUT2D eigenvalue weighted by molar-refractivity contribution is -0.122. The smallest absolute Gasteiger partial charge is 0.338 e.